The van der Waals surface area contributed by atoms with Gasteiger partial charge in [-0.3, -0.25) is 19.8 Å². The molecule has 3 N–H and O–H groups in total. The third kappa shape index (κ3) is 4.72. The first-order valence-electron chi connectivity index (χ1n) is 11.9. The molecule has 5 rings (SSSR count). The second-order valence-corrected chi connectivity index (χ2v) is 9.03. The van der Waals surface area contributed by atoms with Crippen LogP contribution in [0, 0.1) is 5.92 Å². The molecule has 0 radical (unpaired) electrons. The molecule has 3 aromatic rings. The van der Waals surface area contributed by atoms with Gasteiger partial charge in [-0.25, -0.2) is 10.2 Å². The smallest absolute Gasteiger partial charge is 0.336 e. The van der Waals surface area contributed by atoms with Gasteiger partial charge in [0.1, 0.15) is 5.75 Å². The summed E-state index contributed by atoms with van der Waals surface area (Å²) in [5.74, 6) is -0.388. The Morgan fingerprint density at radius 3 is 2.42 bits per heavy atom. The van der Waals surface area contributed by atoms with Gasteiger partial charge in [0.05, 0.1) is 5.69 Å². The van der Waals surface area contributed by atoms with E-state index in [1.165, 1.54) is 0 Å². The Morgan fingerprint density at radius 2 is 1.64 bits per heavy atom. The summed E-state index contributed by atoms with van der Waals surface area (Å²) in [5.41, 5.74) is 6.36. The Labute approximate surface area is 207 Å². The fourth-order valence-electron chi connectivity index (χ4n) is 4.53. The number of hydrogen-bond donors (Lipinski definition) is 3. The minimum Gasteiger partial charge on any atom is -0.479 e. The van der Waals surface area contributed by atoms with Crippen molar-refractivity contribution in [2.45, 2.75) is 25.9 Å². The molecule has 0 saturated carbocycles. The monoisotopic (exact) mass is 486 g/mol. The molecule has 3 aromatic carbocycles. The van der Waals surface area contributed by atoms with Crippen LogP contribution in [0.4, 0.5) is 10.5 Å². The number of hydrogen-bond acceptors (Lipinski definition) is 5. The quantitative estimate of drug-likeness (QED) is 0.387. The SMILES string of the molecule is CC1Oc2ccc(C(=O)C3CCN(C(=O)NNC(=O)c4ccc5ccccc5c4)CC3)cc2NC1=O. The standard InChI is InChI=1S/C27H26N4O5/c1-16-25(33)28-22-15-20(8-9-23(22)36-16)24(32)18-10-12-31(13-11-18)27(35)30-29-26(34)21-7-6-17-4-2-3-5-19(17)14-21/h2-9,14-16,18H,10-13H2,1H3,(H,28,33)(H,29,34)(H,30,35). The predicted octanol–water partition coefficient (Wildman–Crippen LogP) is 3.51. The lowest BCUT2D eigenvalue weighted by atomic mass is 9.88. The van der Waals surface area contributed by atoms with Crippen LogP contribution in [0.1, 0.15) is 40.5 Å². The molecule has 9 nitrogen and oxygen atoms in total. The number of likely N-dealkylation sites (tertiary alicyclic amines) is 1. The van der Waals surface area contributed by atoms with E-state index in [1.807, 2.05) is 30.3 Å². The van der Waals surface area contributed by atoms with Gasteiger partial charge in [0.15, 0.2) is 11.9 Å². The number of hydrazine groups is 1. The summed E-state index contributed by atoms with van der Waals surface area (Å²) >= 11 is 0. The van der Waals surface area contributed by atoms with Crippen molar-refractivity contribution in [1.29, 1.82) is 0 Å². The van der Waals surface area contributed by atoms with Crippen LogP contribution in [0.15, 0.2) is 60.7 Å². The van der Waals surface area contributed by atoms with Gasteiger partial charge in [-0.1, -0.05) is 30.3 Å². The lowest BCUT2D eigenvalue weighted by Crippen LogP contribution is -2.51. The van der Waals surface area contributed by atoms with E-state index in [0.717, 1.165) is 10.8 Å². The first-order chi connectivity index (χ1) is 17.4. The lowest BCUT2D eigenvalue weighted by molar-refractivity contribution is -0.122. The number of Topliss-reactive ketones (excluding diaryl/α,β-unsaturated/α-hetero) is 1. The number of ketones is 1. The largest absolute Gasteiger partial charge is 0.479 e. The van der Waals surface area contributed by atoms with Crippen molar-refractivity contribution < 1.29 is 23.9 Å². The summed E-state index contributed by atoms with van der Waals surface area (Å²) in [6.07, 6.45) is 0.427. The minimum atomic E-state index is -0.577. The van der Waals surface area contributed by atoms with E-state index in [0.29, 0.717) is 48.5 Å². The van der Waals surface area contributed by atoms with Gasteiger partial charge in [0, 0.05) is 30.1 Å². The van der Waals surface area contributed by atoms with Crippen molar-refractivity contribution in [2.75, 3.05) is 18.4 Å². The average molecular weight is 487 g/mol. The molecule has 1 atom stereocenters. The number of piperidine rings is 1. The number of amides is 4. The number of nitrogens with zero attached hydrogens (tertiary/aromatic N) is 1. The zero-order valence-electron chi connectivity index (χ0n) is 19.7. The lowest BCUT2D eigenvalue weighted by Gasteiger charge is -2.31. The number of fused-ring (bicyclic) bond motifs is 2. The normalized spacial score (nSPS) is 17.5. The zero-order valence-corrected chi connectivity index (χ0v) is 19.7. The molecule has 0 bridgehead atoms. The average Bonchev–Trinajstić information content (AvgIpc) is 2.91. The number of benzene rings is 3. The topological polar surface area (TPSA) is 117 Å². The highest BCUT2D eigenvalue weighted by molar-refractivity contribution is 6.02. The van der Waals surface area contributed by atoms with E-state index < -0.39 is 18.0 Å². The molecular weight excluding hydrogens is 460 g/mol. The van der Waals surface area contributed by atoms with Crippen LogP contribution >= 0.6 is 0 Å². The van der Waals surface area contributed by atoms with Crippen LogP contribution in [-0.2, 0) is 4.79 Å². The fourth-order valence-corrected chi connectivity index (χ4v) is 4.53. The highest BCUT2D eigenvalue weighted by Gasteiger charge is 2.30. The number of carbonyl (C=O) groups excluding carboxylic acids is 4. The van der Waals surface area contributed by atoms with Gasteiger partial charge in [0.25, 0.3) is 11.8 Å². The molecular formula is C27H26N4O5. The highest BCUT2D eigenvalue weighted by Crippen LogP contribution is 2.32. The molecule has 9 heteroatoms. The van der Waals surface area contributed by atoms with Crippen molar-refractivity contribution in [2.24, 2.45) is 5.92 Å². The van der Waals surface area contributed by atoms with E-state index in [1.54, 1.807) is 42.2 Å². The van der Waals surface area contributed by atoms with Crippen LogP contribution < -0.4 is 20.9 Å². The molecule has 0 aromatic heterocycles. The van der Waals surface area contributed by atoms with Crippen molar-refractivity contribution in [3.63, 3.8) is 0 Å². The number of ether oxygens (including phenoxy) is 1. The number of carbonyl (C=O) groups is 4. The predicted molar refractivity (Wildman–Crippen MR) is 134 cm³/mol. The van der Waals surface area contributed by atoms with Gasteiger partial charge in [-0.15, -0.1) is 0 Å². The summed E-state index contributed by atoms with van der Waals surface area (Å²) in [6, 6.07) is 17.7. The summed E-state index contributed by atoms with van der Waals surface area (Å²) in [6.45, 7) is 2.43. The molecule has 4 amide bonds. The third-order valence-corrected chi connectivity index (χ3v) is 6.64. The van der Waals surface area contributed by atoms with Crippen LogP contribution in [0.25, 0.3) is 10.8 Å². The molecule has 2 aliphatic heterocycles. The molecule has 184 valence electrons. The van der Waals surface area contributed by atoms with Crippen LogP contribution in [0.3, 0.4) is 0 Å². The maximum Gasteiger partial charge on any atom is 0.336 e. The number of anilines is 1. The highest BCUT2D eigenvalue weighted by atomic mass is 16.5. The van der Waals surface area contributed by atoms with Gasteiger partial charge < -0.3 is 15.0 Å². The fraction of sp³-hybridized carbons (Fsp3) is 0.259. The zero-order chi connectivity index (χ0) is 25.2. The first-order valence-corrected chi connectivity index (χ1v) is 11.9. The van der Waals surface area contributed by atoms with Gasteiger partial charge in [-0.2, -0.15) is 0 Å². The molecule has 2 heterocycles. The first kappa shape index (κ1) is 23.3. The molecule has 2 aliphatic rings. The second-order valence-electron chi connectivity index (χ2n) is 9.03. The van der Waals surface area contributed by atoms with E-state index in [2.05, 4.69) is 16.2 Å². The number of nitrogens with one attached hydrogen (secondary N) is 3. The Hall–Kier alpha value is -4.40. The number of rotatable bonds is 3. The van der Waals surface area contributed by atoms with E-state index in [9.17, 15) is 19.2 Å². The van der Waals surface area contributed by atoms with Gasteiger partial charge in [0.2, 0.25) is 0 Å². The summed E-state index contributed by atoms with van der Waals surface area (Å²) < 4.78 is 5.55. The van der Waals surface area contributed by atoms with Crippen LogP contribution in [0.2, 0.25) is 0 Å². The Balaban J connectivity index is 1.13. The summed E-state index contributed by atoms with van der Waals surface area (Å²) in [4.78, 5) is 51.6. The van der Waals surface area contributed by atoms with Crippen molar-refractivity contribution in [3.05, 3.63) is 71.8 Å². The van der Waals surface area contributed by atoms with Gasteiger partial charge >= 0.3 is 6.03 Å². The van der Waals surface area contributed by atoms with Crippen molar-refractivity contribution >= 4 is 40.1 Å². The molecule has 0 spiro atoms. The van der Waals surface area contributed by atoms with E-state index in [-0.39, 0.29) is 17.6 Å². The second kappa shape index (κ2) is 9.69. The van der Waals surface area contributed by atoms with Crippen LogP contribution in [0.5, 0.6) is 5.75 Å². The van der Waals surface area contributed by atoms with E-state index in [4.69, 9.17) is 4.74 Å². The Kier molecular flexibility index (Phi) is 6.28. The van der Waals surface area contributed by atoms with Crippen molar-refractivity contribution in [3.8, 4) is 5.75 Å². The van der Waals surface area contributed by atoms with Gasteiger partial charge in [-0.05, 0) is 60.9 Å². The molecule has 0 aliphatic carbocycles. The van der Waals surface area contributed by atoms with Crippen LogP contribution in [-0.4, -0.2) is 47.7 Å². The molecule has 1 unspecified atom stereocenters. The molecule has 1 fully saturated rings. The maximum atomic E-state index is 13.0. The third-order valence-electron chi connectivity index (χ3n) is 6.64. The maximum absolute atomic E-state index is 13.0. The molecule has 36 heavy (non-hydrogen) atoms. The van der Waals surface area contributed by atoms with Crippen molar-refractivity contribution in [1.82, 2.24) is 15.8 Å². The Bertz CT molecular complexity index is 1360. The Morgan fingerprint density at radius 1 is 0.917 bits per heavy atom. The molecule has 1 saturated heterocycles. The minimum absolute atomic E-state index is 0.0321. The summed E-state index contributed by atoms with van der Waals surface area (Å²) in [7, 11) is 0. The number of urea groups is 1. The summed E-state index contributed by atoms with van der Waals surface area (Å²) in [5, 5.41) is 4.72. The van der Waals surface area contributed by atoms with E-state index >= 15 is 0 Å².